The zero-order valence-corrected chi connectivity index (χ0v) is 12.1. The van der Waals surface area contributed by atoms with E-state index in [1.165, 1.54) is 19.1 Å². The highest BCUT2D eigenvalue weighted by molar-refractivity contribution is 9.10. The molecule has 0 aromatic heterocycles. The van der Waals surface area contributed by atoms with Crippen LogP contribution in [-0.4, -0.2) is 5.78 Å². The third-order valence-electron chi connectivity index (χ3n) is 2.60. The molecule has 0 radical (unpaired) electrons. The minimum absolute atomic E-state index is 0.0335. The number of halogens is 2. The van der Waals surface area contributed by atoms with Gasteiger partial charge in [-0.2, -0.15) is 5.26 Å². The third kappa shape index (κ3) is 3.03. The molecule has 0 fully saturated rings. The van der Waals surface area contributed by atoms with Crippen LogP contribution in [0.25, 0.3) is 0 Å². The summed E-state index contributed by atoms with van der Waals surface area (Å²) in [6, 6.07) is 10.6. The molecule has 2 aromatic carbocycles. The zero-order chi connectivity index (χ0) is 14.7. The SMILES string of the molecule is CC(=O)c1cc(Br)ccc1Oc1ccc(C#N)cc1F. The van der Waals surface area contributed by atoms with E-state index in [9.17, 15) is 9.18 Å². The minimum atomic E-state index is -0.651. The number of carbonyl (C=O) groups excluding carboxylic acids is 1. The summed E-state index contributed by atoms with van der Waals surface area (Å²) in [4.78, 5) is 11.6. The number of ether oxygens (including phenoxy) is 1. The van der Waals surface area contributed by atoms with E-state index < -0.39 is 5.82 Å². The number of hydrogen-bond donors (Lipinski definition) is 0. The van der Waals surface area contributed by atoms with Crippen molar-refractivity contribution < 1.29 is 13.9 Å². The Morgan fingerprint density at radius 2 is 1.95 bits per heavy atom. The molecule has 100 valence electrons. The summed E-state index contributed by atoms with van der Waals surface area (Å²) in [5.41, 5.74) is 0.556. The van der Waals surface area contributed by atoms with Gasteiger partial charge in [0.1, 0.15) is 5.75 Å². The average Bonchev–Trinajstić information content (AvgIpc) is 2.42. The van der Waals surface area contributed by atoms with E-state index in [0.717, 1.165) is 10.5 Å². The number of rotatable bonds is 3. The molecule has 0 N–H and O–H groups in total. The van der Waals surface area contributed by atoms with Crippen molar-refractivity contribution in [3.8, 4) is 17.6 Å². The lowest BCUT2D eigenvalue weighted by molar-refractivity contribution is 0.101. The Balaban J connectivity index is 2.40. The molecule has 0 bridgehead atoms. The molecule has 5 heteroatoms. The monoisotopic (exact) mass is 333 g/mol. The maximum atomic E-state index is 13.8. The van der Waals surface area contributed by atoms with E-state index in [0.29, 0.717) is 5.56 Å². The largest absolute Gasteiger partial charge is 0.454 e. The molecule has 0 aliphatic carbocycles. The highest BCUT2D eigenvalue weighted by atomic mass is 79.9. The molecule has 0 saturated heterocycles. The highest BCUT2D eigenvalue weighted by Gasteiger charge is 2.12. The summed E-state index contributed by atoms with van der Waals surface area (Å²) >= 11 is 3.27. The van der Waals surface area contributed by atoms with Gasteiger partial charge >= 0.3 is 0 Å². The molecule has 0 unspecified atom stereocenters. The van der Waals surface area contributed by atoms with Crippen LogP contribution >= 0.6 is 15.9 Å². The first-order valence-corrected chi connectivity index (χ1v) is 6.48. The summed E-state index contributed by atoms with van der Waals surface area (Å²) in [7, 11) is 0. The van der Waals surface area contributed by atoms with Gasteiger partial charge < -0.3 is 4.74 Å². The molecular weight excluding hydrogens is 325 g/mol. The van der Waals surface area contributed by atoms with Crippen LogP contribution in [0.4, 0.5) is 4.39 Å². The number of Topliss-reactive ketones (excluding diaryl/α,β-unsaturated/α-hetero) is 1. The first-order valence-electron chi connectivity index (χ1n) is 5.69. The van der Waals surface area contributed by atoms with Crippen LogP contribution < -0.4 is 4.74 Å². The van der Waals surface area contributed by atoms with E-state index in [1.54, 1.807) is 18.2 Å². The van der Waals surface area contributed by atoms with Gasteiger partial charge in [-0.1, -0.05) is 15.9 Å². The predicted octanol–water partition coefficient (Wildman–Crippen LogP) is 4.45. The van der Waals surface area contributed by atoms with Gasteiger partial charge in [-0.05, 0) is 43.3 Å². The van der Waals surface area contributed by atoms with Gasteiger partial charge in [0, 0.05) is 4.47 Å². The zero-order valence-electron chi connectivity index (χ0n) is 10.5. The van der Waals surface area contributed by atoms with Crippen LogP contribution in [0.5, 0.6) is 11.5 Å². The van der Waals surface area contributed by atoms with Crippen molar-refractivity contribution in [1.82, 2.24) is 0 Å². The first kappa shape index (κ1) is 14.2. The van der Waals surface area contributed by atoms with Crippen LogP contribution in [0.1, 0.15) is 22.8 Å². The summed E-state index contributed by atoms with van der Waals surface area (Å²) < 4.78 is 19.9. The molecule has 0 aliphatic heterocycles. The van der Waals surface area contributed by atoms with Crippen molar-refractivity contribution in [2.45, 2.75) is 6.92 Å². The Labute approximate surface area is 123 Å². The Morgan fingerprint density at radius 3 is 2.55 bits per heavy atom. The molecule has 20 heavy (non-hydrogen) atoms. The number of hydrogen-bond acceptors (Lipinski definition) is 3. The van der Waals surface area contributed by atoms with Crippen molar-refractivity contribution in [1.29, 1.82) is 5.26 Å². The summed E-state index contributed by atoms with van der Waals surface area (Å²) in [6.07, 6.45) is 0. The van der Waals surface area contributed by atoms with Gasteiger partial charge in [0.2, 0.25) is 0 Å². The number of ketones is 1. The second-order valence-corrected chi connectivity index (χ2v) is 4.97. The maximum absolute atomic E-state index is 13.8. The van der Waals surface area contributed by atoms with Crippen LogP contribution in [0.3, 0.4) is 0 Å². The van der Waals surface area contributed by atoms with E-state index in [-0.39, 0.29) is 22.8 Å². The number of nitriles is 1. The molecule has 0 spiro atoms. The topological polar surface area (TPSA) is 50.1 Å². The Bertz CT molecular complexity index is 722. The summed E-state index contributed by atoms with van der Waals surface area (Å²) in [5, 5.41) is 8.68. The van der Waals surface area contributed by atoms with Crippen molar-refractivity contribution in [3.05, 3.63) is 57.8 Å². The van der Waals surface area contributed by atoms with E-state index in [1.807, 2.05) is 6.07 Å². The van der Waals surface area contributed by atoms with Gasteiger partial charge in [-0.25, -0.2) is 4.39 Å². The molecular formula is C15H9BrFNO2. The lowest BCUT2D eigenvalue weighted by Gasteiger charge is -2.10. The fourth-order valence-electron chi connectivity index (χ4n) is 1.64. The second kappa shape index (κ2) is 5.85. The predicted molar refractivity (Wildman–Crippen MR) is 75.3 cm³/mol. The number of benzene rings is 2. The molecule has 0 heterocycles. The van der Waals surface area contributed by atoms with Gasteiger partial charge in [-0.3, -0.25) is 4.79 Å². The van der Waals surface area contributed by atoms with E-state index in [2.05, 4.69) is 15.9 Å². The standard InChI is InChI=1S/C15H9BrFNO2/c1-9(19)12-7-11(16)3-5-14(12)20-15-4-2-10(8-18)6-13(15)17/h2-7H,1H3. The maximum Gasteiger partial charge on any atom is 0.167 e. The van der Waals surface area contributed by atoms with Crippen LogP contribution in [0.2, 0.25) is 0 Å². The van der Waals surface area contributed by atoms with Crippen LogP contribution in [0.15, 0.2) is 40.9 Å². The molecule has 0 aliphatic rings. The number of carbonyl (C=O) groups is 1. The van der Waals surface area contributed by atoms with Crippen molar-refractivity contribution in [3.63, 3.8) is 0 Å². The Morgan fingerprint density at radius 1 is 1.25 bits per heavy atom. The molecule has 0 atom stereocenters. The van der Waals surface area contributed by atoms with E-state index >= 15 is 0 Å². The molecule has 2 aromatic rings. The van der Waals surface area contributed by atoms with Crippen molar-refractivity contribution in [2.24, 2.45) is 0 Å². The van der Waals surface area contributed by atoms with Gasteiger partial charge in [0.25, 0.3) is 0 Å². The average molecular weight is 334 g/mol. The van der Waals surface area contributed by atoms with Gasteiger partial charge in [0.15, 0.2) is 17.3 Å². The van der Waals surface area contributed by atoms with Crippen LogP contribution in [-0.2, 0) is 0 Å². The van der Waals surface area contributed by atoms with Crippen molar-refractivity contribution in [2.75, 3.05) is 0 Å². The van der Waals surface area contributed by atoms with Crippen LogP contribution in [0, 0.1) is 17.1 Å². The summed E-state index contributed by atoms with van der Waals surface area (Å²) in [5.74, 6) is -0.602. The van der Waals surface area contributed by atoms with Gasteiger partial charge in [-0.15, -0.1) is 0 Å². The normalized spacial score (nSPS) is 9.90. The third-order valence-corrected chi connectivity index (χ3v) is 3.10. The lowest BCUT2D eigenvalue weighted by atomic mass is 10.1. The minimum Gasteiger partial charge on any atom is -0.454 e. The fourth-order valence-corrected chi connectivity index (χ4v) is 2.00. The quantitative estimate of drug-likeness (QED) is 0.779. The summed E-state index contributed by atoms with van der Waals surface area (Å²) in [6.45, 7) is 1.41. The molecule has 0 saturated carbocycles. The molecule has 0 amide bonds. The molecule has 3 nitrogen and oxygen atoms in total. The Kier molecular flexibility index (Phi) is 4.16. The van der Waals surface area contributed by atoms with Gasteiger partial charge in [0.05, 0.1) is 17.2 Å². The first-order chi connectivity index (χ1) is 9.51. The smallest absolute Gasteiger partial charge is 0.167 e. The second-order valence-electron chi connectivity index (χ2n) is 4.06. The highest BCUT2D eigenvalue weighted by Crippen LogP contribution is 2.30. The van der Waals surface area contributed by atoms with E-state index in [4.69, 9.17) is 10.00 Å². The lowest BCUT2D eigenvalue weighted by Crippen LogP contribution is -1.98. The Hall–Kier alpha value is -2.19. The fraction of sp³-hybridized carbons (Fsp3) is 0.0667. The number of nitrogens with zero attached hydrogens (tertiary/aromatic N) is 1. The molecule has 2 rings (SSSR count). The van der Waals surface area contributed by atoms with Crippen molar-refractivity contribution >= 4 is 21.7 Å².